The quantitative estimate of drug-likeness (QED) is 0.549. The first kappa shape index (κ1) is 21.1. The third kappa shape index (κ3) is 4.04. The minimum absolute atomic E-state index is 0.0718. The van der Waals surface area contributed by atoms with Crippen molar-refractivity contribution < 1.29 is 14.3 Å². The van der Waals surface area contributed by atoms with Crippen LogP contribution in [0.3, 0.4) is 0 Å². The van der Waals surface area contributed by atoms with Crippen LogP contribution in [-0.4, -0.2) is 49.1 Å². The molecule has 0 N–H and O–H groups in total. The number of benzene rings is 1. The Morgan fingerprint density at radius 2 is 1.70 bits per heavy atom. The number of anilines is 1. The third-order valence-corrected chi connectivity index (χ3v) is 7.43. The molecular formula is C25H34N2O3. The van der Waals surface area contributed by atoms with Crippen LogP contribution < -0.4 is 4.90 Å². The largest absolute Gasteiger partial charge is 0.466 e. The Labute approximate surface area is 180 Å². The van der Waals surface area contributed by atoms with Crippen LogP contribution in [0.1, 0.15) is 57.9 Å². The van der Waals surface area contributed by atoms with Gasteiger partial charge in [0.05, 0.1) is 18.4 Å². The van der Waals surface area contributed by atoms with Crippen LogP contribution >= 0.6 is 0 Å². The van der Waals surface area contributed by atoms with Crippen molar-refractivity contribution in [2.24, 2.45) is 11.8 Å². The third-order valence-electron chi connectivity index (χ3n) is 7.43. The summed E-state index contributed by atoms with van der Waals surface area (Å²) in [6.07, 6.45) is 8.62. The molecule has 4 rings (SSSR count). The highest BCUT2D eigenvalue weighted by molar-refractivity contribution is 6.34. The van der Waals surface area contributed by atoms with Gasteiger partial charge in [-0.2, -0.15) is 0 Å². The zero-order chi connectivity index (χ0) is 21.3. The Hall–Kier alpha value is -2.14. The minimum atomic E-state index is -0.484. The Morgan fingerprint density at radius 1 is 1.03 bits per heavy atom. The molecular weight excluding hydrogens is 376 g/mol. The van der Waals surface area contributed by atoms with Gasteiger partial charge in [0.2, 0.25) is 0 Å². The van der Waals surface area contributed by atoms with Crippen molar-refractivity contribution in [2.45, 2.75) is 64.5 Å². The van der Waals surface area contributed by atoms with Crippen LogP contribution in [0.5, 0.6) is 0 Å². The summed E-state index contributed by atoms with van der Waals surface area (Å²) in [5.41, 5.74) is 2.21. The van der Waals surface area contributed by atoms with Crippen LogP contribution in [-0.2, 0) is 14.3 Å². The lowest BCUT2D eigenvalue weighted by atomic mass is 9.79. The molecule has 5 nitrogen and oxygen atoms in total. The van der Waals surface area contributed by atoms with Gasteiger partial charge in [0, 0.05) is 36.8 Å². The molecule has 0 bridgehead atoms. The Balaban J connectivity index is 1.43. The average Bonchev–Trinajstić information content (AvgIpc) is 3.05. The van der Waals surface area contributed by atoms with Gasteiger partial charge in [-0.3, -0.25) is 4.79 Å². The maximum atomic E-state index is 13.2. The van der Waals surface area contributed by atoms with Crippen LogP contribution in [0.2, 0.25) is 0 Å². The molecule has 0 aromatic heterocycles. The fourth-order valence-corrected chi connectivity index (χ4v) is 5.59. The number of esters is 1. The lowest BCUT2D eigenvalue weighted by Crippen LogP contribution is -2.49. The van der Waals surface area contributed by atoms with Crippen LogP contribution in [0.4, 0.5) is 5.69 Å². The van der Waals surface area contributed by atoms with E-state index in [4.69, 9.17) is 4.74 Å². The molecule has 1 aromatic rings. The van der Waals surface area contributed by atoms with Gasteiger partial charge in [0.1, 0.15) is 0 Å². The highest BCUT2D eigenvalue weighted by Gasteiger charge is 2.39. The van der Waals surface area contributed by atoms with E-state index in [1.54, 1.807) is 0 Å². The predicted molar refractivity (Wildman–Crippen MR) is 119 cm³/mol. The molecule has 0 atom stereocenters. The second kappa shape index (κ2) is 8.93. The Kier molecular flexibility index (Phi) is 6.28. The smallest absolute Gasteiger partial charge is 0.331 e. The fraction of sp³-hybridized carbons (Fsp3) is 0.600. The monoisotopic (exact) mass is 410 g/mol. The summed E-state index contributed by atoms with van der Waals surface area (Å²) < 4.78 is 4.77. The lowest BCUT2D eigenvalue weighted by molar-refractivity contribution is -0.135. The molecule has 0 radical (unpaired) electrons. The van der Waals surface area contributed by atoms with E-state index in [0.717, 1.165) is 49.0 Å². The summed E-state index contributed by atoms with van der Waals surface area (Å²) in [6.45, 7) is 6.79. The second-order valence-corrected chi connectivity index (χ2v) is 9.35. The first-order valence-corrected chi connectivity index (χ1v) is 11.5. The molecule has 1 saturated heterocycles. The van der Waals surface area contributed by atoms with Gasteiger partial charge in [-0.25, -0.2) is 4.79 Å². The van der Waals surface area contributed by atoms with Gasteiger partial charge >= 0.3 is 5.97 Å². The van der Waals surface area contributed by atoms with Crippen molar-refractivity contribution in [3.05, 3.63) is 35.9 Å². The molecule has 5 heteroatoms. The highest BCUT2D eigenvalue weighted by Crippen LogP contribution is 2.40. The van der Waals surface area contributed by atoms with E-state index in [2.05, 4.69) is 18.7 Å². The number of likely N-dealkylation sites (tertiary alicyclic amines) is 1. The molecule has 1 aliphatic carbocycles. The summed E-state index contributed by atoms with van der Waals surface area (Å²) in [4.78, 5) is 29.6. The molecule has 2 fully saturated rings. The molecule has 3 aliphatic rings. The molecule has 2 heterocycles. The van der Waals surface area contributed by atoms with Crippen molar-refractivity contribution in [3.63, 3.8) is 0 Å². The number of carbonyl (C=O) groups excluding carboxylic acids is 2. The molecule has 1 aromatic carbocycles. The van der Waals surface area contributed by atoms with E-state index >= 15 is 0 Å². The van der Waals surface area contributed by atoms with Gasteiger partial charge in [-0.05, 0) is 56.4 Å². The van der Waals surface area contributed by atoms with Gasteiger partial charge in [-0.1, -0.05) is 32.0 Å². The molecule has 1 amide bonds. The number of fused-ring (bicyclic) bond motifs is 1. The topological polar surface area (TPSA) is 49.9 Å². The van der Waals surface area contributed by atoms with E-state index in [1.807, 2.05) is 29.2 Å². The number of hydrogen-bond donors (Lipinski definition) is 0. The van der Waals surface area contributed by atoms with Gasteiger partial charge in [-0.15, -0.1) is 0 Å². The fourth-order valence-electron chi connectivity index (χ4n) is 5.59. The zero-order valence-corrected chi connectivity index (χ0v) is 18.5. The van der Waals surface area contributed by atoms with Crippen molar-refractivity contribution in [2.75, 3.05) is 25.1 Å². The van der Waals surface area contributed by atoms with Gasteiger partial charge in [0.15, 0.2) is 0 Å². The van der Waals surface area contributed by atoms with Crippen molar-refractivity contribution in [1.29, 1.82) is 0 Å². The normalized spacial score (nSPS) is 27.0. The summed E-state index contributed by atoms with van der Waals surface area (Å²) in [6, 6.07) is 8.68. The minimum Gasteiger partial charge on any atom is -0.466 e. The van der Waals surface area contributed by atoms with E-state index in [9.17, 15) is 9.59 Å². The van der Waals surface area contributed by atoms with E-state index in [1.165, 1.54) is 38.9 Å². The summed E-state index contributed by atoms with van der Waals surface area (Å²) in [5.74, 6) is 1.13. The van der Waals surface area contributed by atoms with Crippen LogP contribution in [0.25, 0.3) is 5.57 Å². The maximum Gasteiger partial charge on any atom is 0.331 e. The van der Waals surface area contributed by atoms with Crippen molar-refractivity contribution in [1.82, 2.24) is 4.90 Å². The number of carbonyl (C=O) groups is 2. The second-order valence-electron chi connectivity index (χ2n) is 9.35. The number of piperidine rings is 1. The Bertz CT molecular complexity index is 815. The van der Waals surface area contributed by atoms with Gasteiger partial charge < -0.3 is 14.5 Å². The molecule has 0 unspecified atom stereocenters. The highest BCUT2D eigenvalue weighted by atomic mass is 16.5. The molecule has 2 aliphatic heterocycles. The van der Waals surface area contributed by atoms with E-state index < -0.39 is 5.97 Å². The number of ether oxygens (including phenoxy) is 1. The average molecular weight is 411 g/mol. The number of nitrogens with zero attached hydrogens (tertiary/aromatic N) is 2. The first-order chi connectivity index (χ1) is 14.5. The molecule has 0 spiro atoms. The molecule has 30 heavy (non-hydrogen) atoms. The Morgan fingerprint density at radius 3 is 2.33 bits per heavy atom. The standard InChI is InChI=1S/C25H34N2O3/c1-17(2)18-8-10-19(11-9-18)26-14-12-20(13-15-26)27-23-7-5-4-6-21(23)22(25(27)29)16-24(28)30-3/h4-7,16-20H,8-15H2,1-3H3/b22-16-/t18-,19+. The summed E-state index contributed by atoms with van der Waals surface area (Å²) >= 11 is 0. The van der Waals surface area contributed by atoms with Crippen molar-refractivity contribution >= 4 is 23.1 Å². The number of hydrogen-bond acceptors (Lipinski definition) is 4. The van der Waals surface area contributed by atoms with E-state index in [-0.39, 0.29) is 11.9 Å². The first-order valence-electron chi connectivity index (χ1n) is 11.5. The van der Waals surface area contributed by atoms with E-state index in [0.29, 0.717) is 11.6 Å². The number of methoxy groups -OCH3 is 1. The maximum absolute atomic E-state index is 13.2. The predicted octanol–water partition coefficient (Wildman–Crippen LogP) is 4.27. The molecule has 162 valence electrons. The van der Waals surface area contributed by atoms with Crippen molar-refractivity contribution in [3.8, 4) is 0 Å². The molecule has 1 saturated carbocycles. The lowest BCUT2D eigenvalue weighted by Gasteiger charge is -2.43. The number of amides is 1. The summed E-state index contributed by atoms with van der Waals surface area (Å²) in [5, 5.41) is 0. The SMILES string of the molecule is COC(=O)/C=C1\C(=O)N(C2CCN([C@H]3CC[C@@H](C(C)C)CC3)CC2)c2ccccc21. The van der Waals surface area contributed by atoms with Crippen LogP contribution in [0.15, 0.2) is 30.3 Å². The van der Waals surface area contributed by atoms with Gasteiger partial charge in [0.25, 0.3) is 5.91 Å². The number of para-hydroxylation sites is 1. The van der Waals surface area contributed by atoms with Crippen LogP contribution in [0, 0.1) is 11.8 Å². The number of rotatable bonds is 4. The zero-order valence-electron chi connectivity index (χ0n) is 18.5. The summed E-state index contributed by atoms with van der Waals surface area (Å²) in [7, 11) is 1.34.